The third kappa shape index (κ3) is 4.31. The number of nitrogens with zero attached hydrogens (tertiary/aromatic N) is 3. The minimum Gasteiger partial charge on any atom is -0.277 e. The molecule has 0 unspecified atom stereocenters. The number of hydrogen-bond donors (Lipinski definition) is 1. The van der Waals surface area contributed by atoms with E-state index >= 15 is 0 Å². The second kappa shape index (κ2) is 8.24. The van der Waals surface area contributed by atoms with Gasteiger partial charge in [-0.1, -0.05) is 53.2 Å². The summed E-state index contributed by atoms with van der Waals surface area (Å²) < 4.78 is 30.6. The maximum Gasteiger partial charge on any atom is 0.297 e. The Bertz CT molecular complexity index is 1160. The van der Waals surface area contributed by atoms with Crippen LogP contribution < -0.4 is 10.3 Å². The Balaban J connectivity index is 2.06. The van der Waals surface area contributed by atoms with E-state index in [2.05, 4.69) is 30.8 Å². The summed E-state index contributed by atoms with van der Waals surface area (Å²) in [5.74, 6) is 0. The van der Waals surface area contributed by atoms with Crippen LogP contribution in [-0.2, 0) is 23.0 Å². The van der Waals surface area contributed by atoms with Gasteiger partial charge in [-0.05, 0) is 42.7 Å². The molecule has 0 bridgehead atoms. The Kier molecular flexibility index (Phi) is 5.95. The fourth-order valence-corrected chi connectivity index (χ4v) is 4.16. The normalized spacial score (nSPS) is 11.4. The molecule has 0 amide bonds. The van der Waals surface area contributed by atoms with Crippen molar-refractivity contribution in [2.24, 2.45) is 0 Å². The summed E-state index contributed by atoms with van der Waals surface area (Å²) in [6, 6.07) is 14.4. The van der Waals surface area contributed by atoms with Crippen LogP contribution >= 0.6 is 15.9 Å². The number of aromatic nitrogens is 3. The third-order valence-electron chi connectivity index (χ3n) is 4.21. The molecule has 2 aromatic carbocycles. The first-order chi connectivity index (χ1) is 13.3. The van der Waals surface area contributed by atoms with Gasteiger partial charge in [0.1, 0.15) is 5.69 Å². The van der Waals surface area contributed by atoms with Gasteiger partial charge >= 0.3 is 0 Å². The quantitative estimate of drug-likeness (QED) is 0.607. The first kappa shape index (κ1) is 20.2. The molecule has 1 aromatic heterocycles. The van der Waals surface area contributed by atoms with Crippen LogP contribution in [0.25, 0.3) is 0 Å². The molecular weight excluding hydrogens is 444 g/mol. The van der Waals surface area contributed by atoms with Gasteiger partial charge in [-0.15, -0.1) is 10.2 Å². The zero-order valence-corrected chi connectivity index (χ0v) is 17.8. The zero-order chi connectivity index (χ0) is 20.3. The number of rotatable bonds is 6. The largest absolute Gasteiger partial charge is 0.297 e. The predicted octanol–water partition coefficient (Wildman–Crippen LogP) is 3.12. The number of benzene rings is 2. The van der Waals surface area contributed by atoms with Crippen LogP contribution in [0.15, 0.2) is 63.0 Å². The number of sulfonamides is 1. The van der Waals surface area contributed by atoms with Gasteiger partial charge in [0, 0.05) is 4.47 Å². The van der Waals surface area contributed by atoms with Crippen molar-refractivity contribution in [1.29, 1.82) is 0 Å². The lowest BCUT2D eigenvalue weighted by Gasteiger charge is -2.15. The average Bonchev–Trinajstić information content (AvgIpc) is 2.67. The van der Waals surface area contributed by atoms with Gasteiger partial charge in [0.2, 0.25) is 0 Å². The highest BCUT2D eigenvalue weighted by Gasteiger charge is 2.24. The highest BCUT2D eigenvalue weighted by atomic mass is 79.9. The third-order valence-corrected chi connectivity index (χ3v) is 6.01. The molecule has 3 aromatic rings. The van der Waals surface area contributed by atoms with E-state index in [4.69, 9.17) is 0 Å². The van der Waals surface area contributed by atoms with E-state index in [1.54, 1.807) is 12.1 Å². The van der Waals surface area contributed by atoms with Crippen LogP contribution in [0.3, 0.4) is 0 Å². The lowest BCUT2D eigenvalue weighted by atomic mass is 10.1. The van der Waals surface area contributed by atoms with Gasteiger partial charge < -0.3 is 0 Å². The molecule has 28 heavy (non-hydrogen) atoms. The van der Waals surface area contributed by atoms with Crippen molar-refractivity contribution in [3.63, 3.8) is 0 Å². The van der Waals surface area contributed by atoms with E-state index in [0.29, 0.717) is 12.1 Å². The van der Waals surface area contributed by atoms with Crippen LogP contribution in [0, 0.1) is 6.92 Å². The molecule has 0 aliphatic carbocycles. The molecule has 0 spiro atoms. The predicted molar refractivity (Wildman–Crippen MR) is 111 cm³/mol. The number of halogens is 1. The number of para-hydroxylation sites is 1. The minimum atomic E-state index is -4.11. The summed E-state index contributed by atoms with van der Waals surface area (Å²) in [4.78, 5) is 12.6. The highest BCUT2D eigenvalue weighted by Crippen LogP contribution is 2.20. The molecule has 9 heteroatoms. The van der Waals surface area contributed by atoms with Gasteiger partial charge in [0.05, 0.1) is 12.2 Å². The summed E-state index contributed by atoms with van der Waals surface area (Å²) >= 11 is 3.36. The molecule has 0 atom stereocenters. The lowest BCUT2D eigenvalue weighted by molar-refractivity contribution is 0.544. The van der Waals surface area contributed by atoms with Crippen molar-refractivity contribution >= 4 is 31.6 Å². The number of aryl methyl sites for hydroxylation is 2. The zero-order valence-electron chi connectivity index (χ0n) is 15.4. The molecule has 1 heterocycles. The van der Waals surface area contributed by atoms with Crippen molar-refractivity contribution < 1.29 is 8.42 Å². The molecule has 3 rings (SSSR count). The van der Waals surface area contributed by atoms with Crippen molar-refractivity contribution in [2.45, 2.75) is 32.0 Å². The maximum absolute atomic E-state index is 13.0. The Morgan fingerprint density at radius 3 is 2.43 bits per heavy atom. The van der Waals surface area contributed by atoms with E-state index in [9.17, 15) is 13.2 Å². The van der Waals surface area contributed by atoms with Crippen LogP contribution in [0.5, 0.6) is 0 Å². The van der Waals surface area contributed by atoms with Crippen LogP contribution in [-0.4, -0.2) is 23.2 Å². The SMILES string of the molecule is CCc1ccccc1NS(=O)(=O)c1nnc(C)c(=O)n1Cc1ccc(Br)cc1. The van der Waals surface area contributed by atoms with Crippen LogP contribution in [0.4, 0.5) is 5.69 Å². The second-order valence-electron chi connectivity index (χ2n) is 6.20. The molecule has 146 valence electrons. The standard InChI is InChI=1S/C19H19BrN4O3S/c1-3-15-6-4-5-7-17(15)23-28(26,27)19-22-21-13(2)18(25)24(19)12-14-8-10-16(20)11-9-14/h4-11,23H,3,12H2,1-2H3. The summed E-state index contributed by atoms with van der Waals surface area (Å²) in [5.41, 5.74) is 1.69. The van der Waals surface area contributed by atoms with Crippen LogP contribution in [0.1, 0.15) is 23.7 Å². The fourth-order valence-electron chi connectivity index (χ4n) is 2.73. The fraction of sp³-hybridized carbons (Fsp3) is 0.211. The second-order valence-corrected chi connectivity index (χ2v) is 8.69. The first-order valence-electron chi connectivity index (χ1n) is 8.61. The lowest BCUT2D eigenvalue weighted by Crippen LogP contribution is -2.32. The number of hydrogen-bond acceptors (Lipinski definition) is 5. The smallest absolute Gasteiger partial charge is 0.277 e. The number of anilines is 1. The Morgan fingerprint density at radius 2 is 1.75 bits per heavy atom. The Hall–Kier alpha value is -2.52. The highest BCUT2D eigenvalue weighted by molar-refractivity contribution is 9.10. The van der Waals surface area contributed by atoms with E-state index < -0.39 is 20.7 Å². The summed E-state index contributed by atoms with van der Waals surface area (Å²) in [5, 5.41) is 7.15. The molecule has 0 saturated heterocycles. The van der Waals surface area contributed by atoms with Gasteiger partial charge in [-0.25, -0.2) is 0 Å². The van der Waals surface area contributed by atoms with Crippen LogP contribution in [0.2, 0.25) is 0 Å². The Morgan fingerprint density at radius 1 is 1.07 bits per heavy atom. The summed E-state index contributed by atoms with van der Waals surface area (Å²) in [7, 11) is -4.11. The van der Waals surface area contributed by atoms with Gasteiger partial charge in [-0.3, -0.25) is 14.1 Å². The summed E-state index contributed by atoms with van der Waals surface area (Å²) in [6.45, 7) is 3.50. The molecule has 1 N–H and O–H groups in total. The molecule has 7 nitrogen and oxygen atoms in total. The molecular formula is C19H19BrN4O3S. The molecule has 0 aliphatic rings. The molecule has 0 aliphatic heterocycles. The maximum atomic E-state index is 13.0. The van der Waals surface area contributed by atoms with Crippen molar-refractivity contribution in [3.05, 3.63) is 80.2 Å². The van der Waals surface area contributed by atoms with Gasteiger partial charge in [0.25, 0.3) is 20.7 Å². The van der Waals surface area contributed by atoms with E-state index in [1.165, 1.54) is 6.92 Å². The monoisotopic (exact) mass is 462 g/mol. The van der Waals surface area contributed by atoms with Crippen molar-refractivity contribution in [2.75, 3.05) is 4.72 Å². The van der Waals surface area contributed by atoms with E-state index in [0.717, 1.165) is 20.2 Å². The van der Waals surface area contributed by atoms with E-state index in [1.807, 2.05) is 43.3 Å². The van der Waals surface area contributed by atoms with Crippen molar-refractivity contribution in [1.82, 2.24) is 14.8 Å². The first-order valence-corrected chi connectivity index (χ1v) is 10.9. The molecule has 0 radical (unpaired) electrons. The van der Waals surface area contributed by atoms with Crippen molar-refractivity contribution in [3.8, 4) is 0 Å². The van der Waals surface area contributed by atoms with E-state index in [-0.39, 0.29) is 12.2 Å². The van der Waals surface area contributed by atoms with Gasteiger partial charge in [0.15, 0.2) is 0 Å². The summed E-state index contributed by atoms with van der Waals surface area (Å²) in [6.07, 6.45) is 0.657. The van der Waals surface area contributed by atoms with Gasteiger partial charge in [-0.2, -0.15) is 8.42 Å². The average molecular weight is 463 g/mol. The number of nitrogens with one attached hydrogen (secondary N) is 1. The topological polar surface area (TPSA) is 94.0 Å². The molecule has 0 fully saturated rings. The molecule has 0 saturated carbocycles. The minimum absolute atomic E-state index is 0.0636. The Labute approximate surface area is 171 Å².